The monoisotopic (exact) mass is 470 g/mol. The van der Waals surface area contributed by atoms with E-state index in [1.807, 2.05) is 0 Å². The standard InChI is InChI=1S/2C16H29N/c2*1-14(2,3)12-10-17(16(7,8)9)11-13(12)15(4,5)6/h2*10-11H,1-9H3. The SMILES string of the molecule is CC(C)(C)c1cn(C(C)(C)C)cc1C(C)(C)C.CC(C)(C)c1cn(C(C)(C)C)cc1C(C)(C)C. The molecule has 0 saturated carbocycles. The first-order chi connectivity index (χ1) is 14.7. The molecule has 2 nitrogen and oxygen atoms in total. The molecule has 0 aliphatic carbocycles. The lowest BCUT2D eigenvalue weighted by atomic mass is 9.78. The topological polar surface area (TPSA) is 9.86 Å². The molecule has 2 aromatic rings. The molecule has 0 radical (unpaired) electrons. The second-order valence-corrected chi connectivity index (χ2v) is 16.3. The molecule has 0 bridgehead atoms. The zero-order chi connectivity index (χ0) is 27.3. The van der Waals surface area contributed by atoms with Gasteiger partial charge in [0, 0.05) is 35.9 Å². The van der Waals surface area contributed by atoms with Gasteiger partial charge in [-0.2, -0.15) is 0 Å². The lowest BCUT2D eigenvalue weighted by Crippen LogP contribution is -2.20. The Morgan fingerprint density at radius 2 is 0.471 bits per heavy atom. The Kier molecular flexibility index (Phi) is 8.29. The molecule has 2 heteroatoms. The fourth-order valence-electron chi connectivity index (χ4n) is 4.07. The highest BCUT2D eigenvalue weighted by Gasteiger charge is 2.30. The van der Waals surface area contributed by atoms with E-state index in [-0.39, 0.29) is 32.7 Å². The normalized spacial score (nSPS) is 14.2. The van der Waals surface area contributed by atoms with Crippen molar-refractivity contribution in [1.82, 2.24) is 9.13 Å². The molecular weight excluding hydrogens is 412 g/mol. The van der Waals surface area contributed by atoms with Crippen molar-refractivity contribution in [1.29, 1.82) is 0 Å². The molecule has 0 atom stereocenters. The highest BCUT2D eigenvalue weighted by Crippen LogP contribution is 2.37. The van der Waals surface area contributed by atoms with Crippen LogP contribution >= 0.6 is 0 Å². The molecule has 0 N–H and O–H groups in total. The van der Waals surface area contributed by atoms with Crippen molar-refractivity contribution in [2.45, 2.75) is 157 Å². The van der Waals surface area contributed by atoms with Crippen molar-refractivity contribution >= 4 is 0 Å². The molecule has 2 rings (SSSR count). The molecule has 0 unspecified atom stereocenters. The molecule has 0 amide bonds. The van der Waals surface area contributed by atoms with Gasteiger partial charge in [0.2, 0.25) is 0 Å². The van der Waals surface area contributed by atoms with Gasteiger partial charge in [0.1, 0.15) is 0 Å². The molecule has 2 aromatic heterocycles. The Balaban J connectivity index is 0.000000340. The van der Waals surface area contributed by atoms with Gasteiger partial charge >= 0.3 is 0 Å². The van der Waals surface area contributed by atoms with Crippen molar-refractivity contribution in [3.05, 3.63) is 47.0 Å². The fourth-order valence-corrected chi connectivity index (χ4v) is 4.07. The van der Waals surface area contributed by atoms with E-state index in [4.69, 9.17) is 0 Å². The van der Waals surface area contributed by atoms with Crippen molar-refractivity contribution in [2.75, 3.05) is 0 Å². The Bertz CT molecular complexity index is 795. The van der Waals surface area contributed by atoms with E-state index in [0.29, 0.717) is 0 Å². The molecule has 0 spiro atoms. The van der Waals surface area contributed by atoms with Crippen LogP contribution in [0, 0.1) is 0 Å². The van der Waals surface area contributed by atoms with Crippen LogP contribution in [0.4, 0.5) is 0 Å². The maximum atomic E-state index is 2.36. The number of hydrogen-bond acceptors (Lipinski definition) is 0. The van der Waals surface area contributed by atoms with E-state index in [1.165, 1.54) is 22.3 Å². The first kappa shape index (κ1) is 30.6. The van der Waals surface area contributed by atoms with E-state index >= 15 is 0 Å². The molecule has 0 aromatic carbocycles. The van der Waals surface area contributed by atoms with E-state index in [0.717, 1.165) is 0 Å². The first-order valence-electron chi connectivity index (χ1n) is 13.1. The summed E-state index contributed by atoms with van der Waals surface area (Å²) in [5, 5.41) is 0. The highest BCUT2D eigenvalue weighted by atomic mass is 15.0. The summed E-state index contributed by atoms with van der Waals surface area (Å²) in [7, 11) is 0. The number of rotatable bonds is 0. The van der Waals surface area contributed by atoms with E-state index in [2.05, 4.69) is 159 Å². The summed E-state index contributed by atoms with van der Waals surface area (Å²) in [5.41, 5.74) is 7.03. The summed E-state index contributed by atoms with van der Waals surface area (Å²) < 4.78 is 4.71. The van der Waals surface area contributed by atoms with Gasteiger partial charge in [-0.05, 0) is 85.5 Å². The molecule has 0 fully saturated rings. The van der Waals surface area contributed by atoms with Gasteiger partial charge in [-0.15, -0.1) is 0 Å². The highest BCUT2D eigenvalue weighted by molar-refractivity contribution is 5.37. The summed E-state index contributed by atoms with van der Waals surface area (Å²) >= 11 is 0. The zero-order valence-corrected chi connectivity index (χ0v) is 26.2. The number of nitrogens with zero attached hydrogens (tertiary/aromatic N) is 2. The molecule has 0 saturated heterocycles. The van der Waals surface area contributed by atoms with E-state index in [1.54, 1.807) is 0 Å². The van der Waals surface area contributed by atoms with Crippen molar-refractivity contribution < 1.29 is 0 Å². The third-order valence-corrected chi connectivity index (χ3v) is 6.43. The minimum Gasteiger partial charge on any atom is -0.348 e. The van der Waals surface area contributed by atoms with Gasteiger partial charge in [-0.25, -0.2) is 0 Å². The van der Waals surface area contributed by atoms with Crippen LogP contribution in [0.1, 0.15) is 147 Å². The average molecular weight is 471 g/mol. The van der Waals surface area contributed by atoms with Gasteiger partial charge in [0.25, 0.3) is 0 Å². The van der Waals surface area contributed by atoms with Crippen LogP contribution in [0.3, 0.4) is 0 Å². The Morgan fingerprint density at radius 1 is 0.324 bits per heavy atom. The van der Waals surface area contributed by atoms with Crippen LogP contribution in [-0.2, 0) is 32.7 Å². The molecule has 196 valence electrons. The average Bonchev–Trinajstić information content (AvgIpc) is 3.18. The molecule has 34 heavy (non-hydrogen) atoms. The summed E-state index contributed by atoms with van der Waals surface area (Å²) in [6, 6.07) is 0. The van der Waals surface area contributed by atoms with Crippen molar-refractivity contribution in [3.8, 4) is 0 Å². The minimum absolute atomic E-state index is 0.156. The fraction of sp³-hybridized carbons (Fsp3) is 0.750. The summed E-state index contributed by atoms with van der Waals surface area (Å²) in [6.45, 7) is 41.1. The zero-order valence-electron chi connectivity index (χ0n) is 26.2. The lowest BCUT2D eigenvalue weighted by molar-refractivity contribution is 0.395. The number of hydrogen-bond donors (Lipinski definition) is 0. The van der Waals surface area contributed by atoms with Crippen LogP contribution in [0.2, 0.25) is 0 Å². The van der Waals surface area contributed by atoms with Crippen LogP contribution in [0.25, 0.3) is 0 Å². The third kappa shape index (κ3) is 7.79. The van der Waals surface area contributed by atoms with Gasteiger partial charge in [-0.1, -0.05) is 83.1 Å². The second-order valence-electron chi connectivity index (χ2n) is 16.3. The smallest absolute Gasteiger partial charge is 0.0355 e. The maximum absolute atomic E-state index is 2.36. The molecule has 0 aliphatic rings. The number of aromatic nitrogens is 2. The maximum Gasteiger partial charge on any atom is 0.0355 e. The van der Waals surface area contributed by atoms with Crippen LogP contribution in [-0.4, -0.2) is 9.13 Å². The van der Waals surface area contributed by atoms with E-state index in [9.17, 15) is 0 Å². The Morgan fingerprint density at radius 3 is 0.559 bits per heavy atom. The Labute approximate surface area is 213 Å². The van der Waals surface area contributed by atoms with Crippen LogP contribution in [0.15, 0.2) is 24.8 Å². The third-order valence-electron chi connectivity index (χ3n) is 6.43. The van der Waals surface area contributed by atoms with Gasteiger partial charge < -0.3 is 9.13 Å². The lowest BCUT2D eigenvalue weighted by Gasteiger charge is -2.26. The minimum atomic E-state index is 0.156. The van der Waals surface area contributed by atoms with Gasteiger partial charge in [0.15, 0.2) is 0 Å². The summed E-state index contributed by atoms with van der Waals surface area (Å²) in [5.74, 6) is 0. The second kappa shape index (κ2) is 9.21. The van der Waals surface area contributed by atoms with Crippen molar-refractivity contribution in [3.63, 3.8) is 0 Å². The quantitative estimate of drug-likeness (QED) is 0.362. The predicted molar refractivity (Wildman–Crippen MR) is 154 cm³/mol. The Hall–Kier alpha value is -1.44. The predicted octanol–water partition coefficient (Wildman–Crippen LogP) is 9.68. The van der Waals surface area contributed by atoms with Crippen LogP contribution in [0.5, 0.6) is 0 Å². The summed E-state index contributed by atoms with van der Waals surface area (Å²) in [6.07, 6.45) is 9.34. The first-order valence-corrected chi connectivity index (χ1v) is 13.1. The van der Waals surface area contributed by atoms with Gasteiger partial charge in [0.05, 0.1) is 0 Å². The van der Waals surface area contributed by atoms with Crippen LogP contribution < -0.4 is 0 Å². The van der Waals surface area contributed by atoms with Crippen molar-refractivity contribution in [2.24, 2.45) is 0 Å². The largest absolute Gasteiger partial charge is 0.348 e. The molecular formula is C32H58N2. The van der Waals surface area contributed by atoms with E-state index < -0.39 is 0 Å². The van der Waals surface area contributed by atoms with Gasteiger partial charge in [-0.3, -0.25) is 0 Å². The molecule has 0 aliphatic heterocycles. The summed E-state index contributed by atoms with van der Waals surface area (Å²) in [4.78, 5) is 0. The molecule has 2 heterocycles.